The Bertz CT molecular complexity index is 756. The number of nitrogens with one attached hydrogen (secondary N) is 2. The molecule has 2 aromatic carbocycles. The normalized spacial score (nSPS) is 9.52. The highest BCUT2D eigenvalue weighted by Crippen LogP contribution is 2.04. The van der Waals surface area contributed by atoms with Crippen molar-refractivity contribution in [1.29, 1.82) is 10.5 Å². The van der Waals surface area contributed by atoms with E-state index in [9.17, 15) is 9.59 Å². The summed E-state index contributed by atoms with van der Waals surface area (Å²) in [4.78, 5) is 23.8. The average molecular weight is 332 g/mol. The number of amides is 2. The molecule has 2 rings (SSSR count). The Kier molecular flexibility index (Phi) is 6.27. The van der Waals surface area contributed by atoms with Gasteiger partial charge in [-0.15, -0.1) is 0 Å². The van der Waals surface area contributed by atoms with E-state index < -0.39 is 0 Å². The molecule has 25 heavy (non-hydrogen) atoms. The van der Waals surface area contributed by atoms with Gasteiger partial charge in [-0.3, -0.25) is 9.59 Å². The molecule has 124 valence electrons. The summed E-state index contributed by atoms with van der Waals surface area (Å²) in [5, 5.41) is 23.0. The van der Waals surface area contributed by atoms with Gasteiger partial charge >= 0.3 is 0 Å². The molecule has 0 heterocycles. The number of nitriles is 2. The Morgan fingerprint density at radius 1 is 0.720 bits per heavy atom. The highest BCUT2D eigenvalue weighted by atomic mass is 16.2. The Morgan fingerprint density at radius 2 is 1.08 bits per heavy atom. The molecule has 0 aliphatic carbocycles. The van der Waals surface area contributed by atoms with Crippen LogP contribution in [-0.4, -0.2) is 24.9 Å². The third kappa shape index (κ3) is 5.19. The Hall–Kier alpha value is -3.64. The largest absolute Gasteiger partial charge is 0.352 e. The molecule has 0 saturated heterocycles. The van der Waals surface area contributed by atoms with E-state index in [0.717, 1.165) is 0 Å². The molecular formula is C19H16N4O2. The van der Waals surface area contributed by atoms with Gasteiger partial charge in [-0.05, 0) is 55.0 Å². The van der Waals surface area contributed by atoms with Gasteiger partial charge in [0.2, 0.25) is 0 Å². The SMILES string of the molecule is N#Cc1ccc(C(=O)NCCCNC(=O)c2ccc(C#N)cc2)cc1. The van der Waals surface area contributed by atoms with E-state index in [2.05, 4.69) is 10.6 Å². The highest BCUT2D eigenvalue weighted by molar-refractivity contribution is 5.94. The van der Waals surface area contributed by atoms with Gasteiger partial charge in [-0.2, -0.15) is 10.5 Å². The highest BCUT2D eigenvalue weighted by Gasteiger charge is 2.06. The van der Waals surface area contributed by atoms with Gasteiger partial charge < -0.3 is 10.6 Å². The molecule has 2 amide bonds. The van der Waals surface area contributed by atoms with Crippen LogP contribution in [0.5, 0.6) is 0 Å². The van der Waals surface area contributed by atoms with Gasteiger partial charge in [-0.1, -0.05) is 0 Å². The van der Waals surface area contributed by atoms with Crippen LogP contribution >= 0.6 is 0 Å². The van der Waals surface area contributed by atoms with Crippen LogP contribution in [0.15, 0.2) is 48.5 Å². The second-order valence-electron chi connectivity index (χ2n) is 5.24. The summed E-state index contributed by atoms with van der Waals surface area (Å²) in [6.07, 6.45) is 0.587. The van der Waals surface area contributed by atoms with E-state index in [4.69, 9.17) is 10.5 Å². The van der Waals surface area contributed by atoms with E-state index in [1.54, 1.807) is 48.5 Å². The lowest BCUT2D eigenvalue weighted by molar-refractivity contribution is 0.0952. The maximum atomic E-state index is 11.9. The number of carbonyl (C=O) groups is 2. The van der Waals surface area contributed by atoms with Crippen molar-refractivity contribution in [1.82, 2.24) is 10.6 Å². The van der Waals surface area contributed by atoms with Crippen LogP contribution in [0.4, 0.5) is 0 Å². The molecule has 0 spiro atoms. The van der Waals surface area contributed by atoms with Gasteiger partial charge in [0.1, 0.15) is 0 Å². The van der Waals surface area contributed by atoms with Crippen molar-refractivity contribution in [3.05, 3.63) is 70.8 Å². The first-order valence-electron chi connectivity index (χ1n) is 7.71. The van der Waals surface area contributed by atoms with Crippen molar-refractivity contribution in [3.8, 4) is 12.1 Å². The lowest BCUT2D eigenvalue weighted by Crippen LogP contribution is -2.29. The molecule has 0 fully saturated rings. The number of carbonyl (C=O) groups excluding carboxylic acids is 2. The Labute approximate surface area is 145 Å². The molecule has 2 aromatic rings. The second-order valence-corrected chi connectivity index (χ2v) is 5.24. The topological polar surface area (TPSA) is 106 Å². The number of nitrogens with zero attached hydrogens (tertiary/aromatic N) is 2. The first kappa shape index (κ1) is 17.7. The van der Waals surface area contributed by atoms with Crippen molar-refractivity contribution in [2.24, 2.45) is 0 Å². The van der Waals surface area contributed by atoms with Crippen LogP contribution in [0.2, 0.25) is 0 Å². The van der Waals surface area contributed by atoms with E-state index >= 15 is 0 Å². The number of benzene rings is 2. The van der Waals surface area contributed by atoms with Crippen LogP contribution < -0.4 is 10.6 Å². The molecule has 0 aliphatic rings. The quantitative estimate of drug-likeness (QED) is 0.789. The zero-order chi connectivity index (χ0) is 18.1. The predicted octanol–water partition coefficient (Wildman–Crippen LogP) is 1.98. The van der Waals surface area contributed by atoms with Gasteiger partial charge in [0.05, 0.1) is 23.3 Å². The molecule has 0 radical (unpaired) electrons. The van der Waals surface area contributed by atoms with Crippen LogP contribution in [0.25, 0.3) is 0 Å². The fourth-order valence-electron chi connectivity index (χ4n) is 2.09. The summed E-state index contributed by atoms with van der Waals surface area (Å²) in [6, 6.07) is 16.7. The lowest BCUT2D eigenvalue weighted by Gasteiger charge is -2.07. The van der Waals surface area contributed by atoms with Gasteiger partial charge in [-0.25, -0.2) is 0 Å². The molecule has 0 bridgehead atoms. The minimum atomic E-state index is -0.220. The van der Waals surface area contributed by atoms with Crippen molar-refractivity contribution in [2.75, 3.05) is 13.1 Å². The Balaban J connectivity index is 1.70. The summed E-state index contributed by atoms with van der Waals surface area (Å²) >= 11 is 0. The average Bonchev–Trinajstić information content (AvgIpc) is 2.67. The summed E-state index contributed by atoms with van der Waals surface area (Å²) < 4.78 is 0. The molecule has 6 heteroatoms. The third-order valence-electron chi connectivity index (χ3n) is 3.48. The van der Waals surface area contributed by atoms with Crippen LogP contribution in [0, 0.1) is 22.7 Å². The fourth-order valence-corrected chi connectivity index (χ4v) is 2.09. The smallest absolute Gasteiger partial charge is 0.251 e. The van der Waals surface area contributed by atoms with Crippen LogP contribution in [0.3, 0.4) is 0 Å². The molecule has 0 aliphatic heterocycles. The molecular weight excluding hydrogens is 316 g/mol. The van der Waals surface area contributed by atoms with Crippen molar-refractivity contribution in [3.63, 3.8) is 0 Å². The second kappa shape index (κ2) is 8.85. The third-order valence-corrected chi connectivity index (χ3v) is 3.48. The zero-order valence-electron chi connectivity index (χ0n) is 13.5. The summed E-state index contributed by atoms with van der Waals surface area (Å²) in [5.74, 6) is -0.439. The van der Waals surface area contributed by atoms with Gasteiger partial charge in [0.25, 0.3) is 11.8 Å². The monoisotopic (exact) mass is 332 g/mol. The maximum absolute atomic E-state index is 11.9. The van der Waals surface area contributed by atoms with Crippen molar-refractivity contribution >= 4 is 11.8 Å². The maximum Gasteiger partial charge on any atom is 0.251 e. The Morgan fingerprint density at radius 3 is 1.40 bits per heavy atom. The van der Waals surface area contributed by atoms with E-state index in [1.165, 1.54) is 0 Å². The van der Waals surface area contributed by atoms with Crippen molar-refractivity contribution < 1.29 is 9.59 Å². The summed E-state index contributed by atoms with van der Waals surface area (Å²) in [5.41, 5.74) is 1.98. The lowest BCUT2D eigenvalue weighted by atomic mass is 10.1. The van der Waals surface area contributed by atoms with E-state index in [0.29, 0.717) is 41.8 Å². The van der Waals surface area contributed by atoms with Crippen LogP contribution in [-0.2, 0) is 0 Å². The number of hydrogen-bond donors (Lipinski definition) is 2. The molecule has 0 saturated carbocycles. The standard InChI is InChI=1S/C19H16N4O2/c20-12-14-2-6-16(7-3-14)18(24)22-10-1-11-23-19(25)17-8-4-15(13-21)5-9-17/h2-9H,1,10-11H2,(H,22,24)(H,23,25). The molecule has 0 aromatic heterocycles. The molecule has 0 unspecified atom stereocenters. The first-order valence-corrected chi connectivity index (χ1v) is 7.71. The molecule has 0 atom stereocenters. The van der Waals surface area contributed by atoms with E-state index in [1.807, 2.05) is 12.1 Å². The predicted molar refractivity (Wildman–Crippen MR) is 91.6 cm³/mol. The first-order chi connectivity index (χ1) is 12.1. The molecule has 2 N–H and O–H groups in total. The van der Waals surface area contributed by atoms with Crippen LogP contribution in [0.1, 0.15) is 38.3 Å². The number of hydrogen-bond acceptors (Lipinski definition) is 4. The minimum Gasteiger partial charge on any atom is -0.352 e. The van der Waals surface area contributed by atoms with E-state index in [-0.39, 0.29) is 11.8 Å². The summed E-state index contributed by atoms with van der Waals surface area (Å²) in [6.45, 7) is 0.846. The summed E-state index contributed by atoms with van der Waals surface area (Å²) in [7, 11) is 0. The fraction of sp³-hybridized carbons (Fsp3) is 0.158. The minimum absolute atomic E-state index is 0.220. The zero-order valence-corrected chi connectivity index (χ0v) is 13.5. The number of rotatable bonds is 6. The van der Waals surface area contributed by atoms with Crippen molar-refractivity contribution in [2.45, 2.75) is 6.42 Å². The molecule has 6 nitrogen and oxygen atoms in total. The van der Waals surface area contributed by atoms with Gasteiger partial charge in [0, 0.05) is 24.2 Å². The van der Waals surface area contributed by atoms with Gasteiger partial charge in [0.15, 0.2) is 0 Å².